The fourth-order valence-electron chi connectivity index (χ4n) is 3.47. The molecule has 1 N–H and O–H groups in total. The number of amides is 1. The van der Waals surface area contributed by atoms with E-state index in [1.54, 1.807) is 10.9 Å². The second-order valence-corrected chi connectivity index (χ2v) is 6.19. The summed E-state index contributed by atoms with van der Waals surface area (Å²) in [5, 5.41) is 7.93. The van der Waals surface area contributed by atoms with Gasteiger partial charge in [-0.2, -0.15) is 5.10 Å². The molecule has 2 fully saturated rings. The monoisotopic (exact) mass is 296 g/mol. The van der Waals surface area contributed by atoms with Crippen LogP contribution in [0.1, 0.15) is 29.6 Å². The molecule has 0 spiro atoms. The number of aromatic nitrogens is 2. The molecule has 5 nitrogen and oxygen atoms in total. The van der Waals surface area contributed by atoms with E-state index in [1.165, 1.54) is 12.8 Å². The molecule has 0 aliphatic carbocycles. The van der Waals surface area contributed by atoms with Crippen molar-refractivity contribution in [2.45, 2.75) is 31.3 Å². The minimum atomic E-state index is 0.0940. The number of rotatable bonds is 2. The van der Waals surface area contributed by atoms with Crippen LogP contribution in [0.25, 0.3) is 5.69 Å². The zero-order chi connectivity index (χ0) is 14.9. The first kappa shape index (κ1) is 13.5. The van der Waals surface area contributed by atoms with Gasteiger partial charge in [0, 0.05) is 31.4 Å². The highest BCUT2D eigenvalue weighted by molar-refractivity contribution is 5.93. The van der Waals surface area contributed by atoms with E-state index in [1.807, 2.05) is 41.4 Å². The van der Waals surface area contributed by atoms with E-state index in [4.69, 9.17) is 0 Å². The largest absolute Gasteiger partial charge is 0.337 e. The van der Waals surface area contributed by atoms with Crippen LogP contribution < -0.4 is 5.32 Å². The molecule has 4 rings (SSSR count). The first-order valence-electron chi connectivity index (χ1n) is 7.95. The van der Waals surface area contributed by atoms with Gasteiger partial charge < -0.3 is 10.2 Å². The lowest BCUT2D eigenvalue weighted by atomic mass is 10.1. The van der Waals surface area contributed by atoms with Gasteiger partial charge in [0.15, 0.2) is 0 Å². The Labute approximate surface area is 129 Å². The van der Waals surface area contributed by atoms with Crippen molar-refractivity contribution in [1.82, 2.24) is 20.0 Å². The Balaban J connectivity index is 1.52. The number of benzene rings is 1. The van der Waals surface area contributed by atoms with E-state index in [9.17, 15) is 4.79 Å². The highest BCUT2D eigenvalue weighted by Crippen LogP contribution is 2.21. The molecule has 22 heavy (non-hydrogen) atoms. The molecule has 0 saturated carbocycles. The molecule has 2 aromatic rings. The molecule has 1 amide bonds. The normalized spacial score (nSPS) is 24.3. The lowest BCUT2D eigenvalue weighted by Crippen LogP contribution is -2.38. The van der Waals surface area contributed by atoms with Gasteiger partial charge >= 0.3 is 0 Å². The summed E-state index contributed by atoms with van der Waals surface area (Å²) in [7, 11) is 0. The first-order chi connectivity index (χ1) is 10.8. The van der Waals surface area contributed by atoms with Crippen molar-refractivity contribution < 1.29 is 4.79 Å². The minimum Gasteiger partial charge on any atom is -0.337 e. The van der Waals surface area contributed by atoms with Crippen LogP contribution >= 0.6 is 0 Å². The zero-order valence-corrected chi connectivity index (χ0v) is 12.5. The highest BCUT2D eigenvalue weighted by Gasteiger charge is 2.31. The Morgan fingerprint density at radius 3 is 2.82 bits per heavy atom. The molecule has 2 saturated heterocycles. The van der Waals surface area contributed by atoms with E-state index in [2.05, 4.69) is 10.4 Å². The second-order valence-electron chi connectivity index (χ2n) is 6.19. The third-order valence-electron chi connectivity index (χ3n) is 4.66. The SMILES string of the molecule is O=C(c1cnn(-c2ccccc2)c1)N1CCC2CCC(C1)N2. The molecule has 2 atom stereocenters. The van der Waals surface area contributed by atoms with Gasteiger partial charge in [-0.05, 0) is 31.4 Å². The molecular formula is C17H20N4O. The third kappa shape index (κ3) is 2.52. The van der Waals surface area contributed by atoms with Crippen LogP contribution in [0.3, 0.4) is 0 Å². The maximum atomic E-state index is 12.7. The third-order valence-corrected chi connectivity index (χ3v) is 4.66. The molecule has 2 aliphatic rings. The van der Waals surface area contributed by atoms with Gasteiger partial charge in [-0.1, -0.05) is 18.2 Å². The standard InChI is InChI=1S/C17H20N4O/c22-17(20-9-8-14-6-7-15(12-20)19-14)13-10-18-21(11-13)16-4-2-1-3-5-16/h1-5,10-11,14-15,19H,6-9,12H2. The Morgan fingerprint density at radius 1 is 1.14 bits per heavy atom. The van der Waals surface area contributed by atoms with Gasteiger partial charge in [-0.25, -0.2) is 4.68 Å². The molecular weight excluding hydrogens is 276 g/mol. The maximum absolute atomic E-state index is 12.7. The van der Waals surface area contributed by atoms with Crippen LogP contribution in [0.5, 0.6) is 0 Å². The van der Waals surface area contributed by atoms with Crippen LogP contribution in [-0.4, -0.2) is 45.8 Å². The van der Waals surface area contributed by atoms with E-state index in [-0.39, 0.29) is 5.91 Å². The van der Waals surface area contributed by atoms with E-state index < -0.39 is 0 Å². The predicted octanol–water partition coefficient (Wildman–Crippen LogP) is 1.84. The second kappa shape index (κ2) is 5.57. The number of para-hydroxylation sites is 1. The van der Waals surface area contributed by atoms with E-state index in [0.717, 1.165) is 25.2 Å². The van der Waals surface area contributed by atoms with Crippen LogP contribution in [0.4, 0.5) is 0 Å². The van der Waals surface area contributed by atoms with E-state index in [0.29, 0.717) is 17.6 Å². The van der Waals surface area contributed by atoms with Crippen molar-refractivity contribution in [3.63, 3.8) is 0 Å². The fourth-order valence-corrected chi connectivity index (χ4v) is 3.47. The number of carbonyl (C=O) groups is 1. The van der Waals surface area contributed by atoms with Crippen LogP contribution in [-0.2, 0) is 0 Å². The zero-order valence-electron chi connectivity index (χ0n) is 12.5. The summed E-state index contributed by atoms with van der Waals surface area (Å²) in [6, 6.07) is 10.9. The molecule has 114 valence electrons. The Kier molecular flexibility index (Phi) is 3.42. The quantitative estimate of drug-likeness (QED) is 0.920. The van der Waals surface area contributed by atoms with Crippen molar-refractivity contribution in [2.24, 2.45) is 0 Å². The van der Waals surface area contributed by atoms with E-state index >= 15 is 0 Å². The average Bonchev–Trinajstić information content (AvgIpc) is 3.14. The highest BCUT2D eigenvalue weighted by atomic mass is 16.2. The Hall–Kier alpha value is -2.14. The smallest absolute Gasteiger partial charge is 0.257 e. The summed E-state index contributed by atoms with van der Waals surface area (Å²) < 4.78 is 1.76. The van der Waals surface area contributed by atoms with Gasteiger partial charge in [0.25, 0.3) is 5.91 Å². The molecule has 2 aliphatic heterocycles. The molecule has 1 aromatic carbocycles. The maximum Gasteiger partial charge on any atom is 0.257 e. The van der Waals surface area contributed by atoms with Crippen LogP contribution in [0, 0.1) is 0 Å². The van der Waals surface area contributed by atoms with Crippen molar-refractivity contribution in [3.8, 4) is 5.69 Å². The number of hydrogen-bond donors (Lipinski definition) is 1. The Morgan fingerprint density at radius 2 is 1.95 bits per heavy atom. The van der Waals surface area contributed by atoms with Crippen molar-refractivity contribution in [3.05, 3.63) is 48.3 Å². The van der Waals surface area contributed by atoms with Crippen molar-refractivity contribution in [2.75, 3.05) is 13.1 Å². The number of nitrogens with zero attached hydrogens (tertiary/aromatic N) is 3. The van der Waals surface area contributed by atoms with Crippen LogP contribution in [0.15, 0.2) is 42.7 Å². The van der Waals surface area contributed by atoms with Gasteiger partial charge in [-0.15, -0.1) is 0 Å². The summed E-state index contributed by atoms with van der Waals surface area (Å²) >= 11 is 0. The lowest BCUT2D eigenvalue weighted by Gasteiger charge is -2.23. The number of hydrogen-bond acceptors (Lipinski definition) is 3. The molecule has 1 aromatic heterocycles. The summed E-state index contributed by atoms with van der Waals surface area (Å²) in [4.78, 5) is 14.7. The topological polar surface area (TPSA) is 50.2 Å². The molecule has 3 heterocycles. The fraction of sp³-hybridized carbons (Fsp3) is 0.412. The Bertz CT molecular complexity index is 666. The van der Waals surface area contributed by atoms with Gasteiger partial charge in [0.05, 0.1) is 17.4 Å². The molecule has 0 radical (unpaired) electrons. The predicted molar refractivity (Wildman–Crippen MR) is 84.0 cm³/mol. The van der Waals surface area contributed by atoms with Gasteiger partial charge in [0.1, 0.15) is 0 Å². The average molecular weight is 296 g/mol. The number of nitrogens with one attached hydrogen (secondary N) is 1. The van der Waals surface area contributed by atoms with Crippen LogP contribution in [0.2, 0.25) is 0 Å². The summed E-state index contributed by atoms with van der Waals surface area (Å²) in [5.41, 5.74) is 1.64. The van der Waals surface area contributed by atoms with Gasteiger partial charge in [0.2, 0.25) is 0 Å². The molecule has 5 heteroatoms. The molecule has 2 bridgehead atoms. The summed E-state index contributed by atoms with van der Waals surface area (Å²) in [6.45, 7) is 1.65. The molecule has 2 unspecified atom stereocenters. The number of likely N-dealkylation sites (tertiary alicyclic amines) is 1. The number of fused-ring (bicyclic) bond motifs is 2. The summed E-state index contributed by atoms with van der Waals surface area (Å²) in [6.07, 6.45) is 6.98. The minimum absolute atomic E-state index is 0.0940. The van der Waals surface area contributed by atoms with Crippen molar-refractivity contribution in [1.29, 1.82) is 0 Å². The number of carbonyl (C=O) groups excluding carboxylic acids is 1. The first-order valence-corrected chi connectivity index (χ1v) is 7.95. The van der Waals surface area contributed by atoms with Crippen molar-refractivity contribution >= 4 is 5.91 Å². The van der Waals surface area contributed by atoms with Gasteiger partial charge in [-0.3, -0.25) is 4.79 Å². The lowest BCUT2D eigenvalue weighted by molar-refractivity contribution is 0.0748. The summed E-state index contributed by atoms with van der Waals surface area (Å²) in [5.74, 6) is 0.0940.